The van der Waals surface area contributed by atoms with E-state index in [2.05, 4.69) is 212 Å². The maximum absolute atomic E-state index is 5.48. The summed E-state index contributed by atoms with van der Waals surface area (Å²) < 4.78 is 2.42. The molecule has 0 radical (unpaired) electrons. The first-order valence-corrected chi connectivity index (χ1v) is 22.7. The molecular formula is C60H35N3S. The van der Waals surface area contributed by atoms with Crippen LogP contribution in [-0.4, -0.2) is 15.0 Å². The maximum atomic E-state index is 5.48. The SMILES string of the molecule is c1ccc2c(c1)-c1ccccc1C21c2ccccc2-c2ccc(-c3nc(-c4cccc5ccc(-c6ccc7ccccc7c6)cc45)nc(-c4cccc5c4sc4ccccc45)n3)cc21. The lowest BCUT2D eigenvalue weighted by atomic mass is 9.70. The van der Waals surface area contributed by atoms with Crippen LogP contribution in [0.1, 0.15) is 22.3 Å². The van der Waals surface area contributed by atoms with Gasteiger partial charge in [0.05, 0.1) is 5.41 Å². The molecule has 0 saturated carbocycles. The number of benzene rings is 10. The molecule has 0 fully saturated rings. The van der Waals surface area contributed by atoms with E-state index < -0.39 is 5.41 Å². The fourth-order valence-corrected chi connectivity index (χ4v) is 12.1. The summed E-state index contributed by atoms with van der Waals surface area (Å²) in [5.74, 6) is 1.96. The molecular weight excluding hydrogens is 795 g/mol. The number of nitrogens with zero attached hydrogens (tertiary/aromatic N) is 3. The maximum Gasteiger partial charge on any atom is 0.165 e. The highest BCUT2D eigenvalue weighted by Gasteiger charge is 2.51. The van der Waals surface area contributed by atoms with Crippen molar-refractivity contribution in [3.63, 3.8) is 0 Å². The van der Waals surface area contributed by atoms with Gasteiger partial charge in [0.1, 0.15) is 0 Å². The van der Waals surface area contributed by atoms with E-state index in [1.54, 1.807) is 11.3 Å². The number of rotatable bonds is 4. The molecule has 0 unspecified atom stereocenters. The Morgan fingerprint density at radius 3 is 1.58 bits per heavy atom. The van der Waals surface area contributed by atoms with E-state index in [-0.39, 0.29) is 0 Å². The quantitative estimate of drug-likeness (QED) is 0.177. The fraction of sp³-hybridized carbons (Fsp3) is 0.0167. The van der Waals surface area contributed by atoms with Crippen LogP contribution in [0, 0.1) is 0 Å². The van der Waals surface area contributed by atoms with Gasteiger partial charge in [0.15, 0.2) is 17.5 Å². The van der Waals surface area contributed by atoms with Crippen LogP contribution in [0.25, 0.3) is 109 Å². The Morgan fingerprint density at radius 1 is 0.297 bits per heavy atom. The second kappa shape index (κ2) is 13.5. The van der Waals surface area contributed by atoms with Crippen LogP contribution in [0.4, 0.5) is 0 Å². The van der Waals surface area contributed by atoms with E-state index in [0.29, 0.717) is 17.5 Å². The zero-order valence-corrected chi connectivity index (χ0v) is 35.3. The van der Waals surface area contributed by atoms with Gasteiger partial charge in [-0.2, -0.15) is 0 Å². The van der Waals surface area contributed by atoms with Crippen LogP contribution < -0.4 is 0 Å². The molecule has 10 aromatic carbocycles. The Hall–Kier alpha value is -8.05. The highest BCUT2D eigenvalue weighted by atomic mass is 32.1. The number of aromatic nitrogens is 3. The highest BCUT2D eigenvalue weighted by molar-refractivity contribution is 7.26. The van der Waals surface area contributed by atoms with Crippen molar-refractivity contribution in [2.24, 2.45) is 0 Å². The third-order valence-corrected chi connectivity index (χ3v) is 15.0. The summed E-state index contributed by atoms with van der Waals surface area (Å²) >= 11 is 1.80. The first-order valence-electron chi connectivity index (χ1n) is 21.8. The molecule has 0 N–H and O–H groups in total. The van der Waals surface area contributed by atoms with Crippen LogP contribution in [0.2, 0.25) is 0 Å². The van der Waals surface area contributed by atoms with Crippen LogP contribution in [-0.2, 0) is 5.41 Å². The molecule has 1 spiro atoms. The monoisotopic (exact) mass is 829 g/mol. The van der Waals surface area contributed by atoms with E-state index in [9.17, 15) is 0 Å². The molecule has 64 heavy (non-hydrogen) atoms. The van der Waals surface area contributed by atoms with Crippen molar-refractivity contribution in [2.45, 2.75) is 5.41 Å². The average Bonchev–Trinajstić information content (AvgIpc) is 4.00. The Bertz CT molecular complexity index is 3870. The summed E-state index contributed by atoms with van der Waals surface area (Å²) in [5.41, 5.74) is 15.0. The number of thiophene rings is 1. The number of hydrogen-bond acceptors (Lipinski definition) is 4. The van der Waals surface area contributed by atoms with Crippen molar-refractivity contribution in [2.75, 3.05) is 0 Å². The average molecular weight is 830 g/mol. The molecule has 2 aromatic heterocycles. The molecule has 4 heteroatoms. The Kier molecular flexibility index (Phi) is 7.48. The van der Waals surface area contributed by atoms with E-state index in [1.165, 1.54) is 81.0 Å². The van der Waals surface area contributed by atoms with Gasteiger partial charge >= 0.3 is 0 Å². The minimum atomic E-state index is -0.481. The molecule has 3 nitrogen and oxygen atoms in total. The van der Waals surface area contributed by atoms with Gasteiger partial charge in [0.2, 0.25) is 0 Å². The van der Waals surface area contributed by atoms with Gasteiger partial charge in [-0.3, -0.25) is 0 Å². The van der Waals surface area contributed by atoms with E-state index in [4.69, 9.17) is 15.0 Å². The Labute approximate surface area is 373 Å². The van der Waals surface area contributed by atoms with Crippen molar-refractivity contribution >= 4 is 53.1 Å². The van der Waals surface area contributed by atoms with Crippen LogP contribution in [0.5, 0.6) is 0 Å². The lowest BCUT2D eigenvalue weighted by molar-refractivity contribution is 0.794. The van der Waals surface area contributed by atoms with Crippen LogP contribution in [0.15, 0.2) is 212 Å². The van der Waals surface area contributed by atoms with Crippen molar-refractivity contribution in [1.29, 1.82) is 0 Å². The van der Waals surface area contributed by atoms with Gasteiger partial charge in [-0.25, -0.2) is 15.0 Å². The second-order valence-corrected chi connectivity index (χ2v) is 18.1. The third kappa shape index (κ3) is 5.00. The topological polar surface area (TPSA) is 38.7 Å². The van der Waals surface area contributed by atoms with Crippen LogP contribution in [0.3, 0.4) is 0 Å². The summed E-state index contributed by atoms with van der Waals surface area (Å²) in [5, 5.41) is 7.14. The summed E-state index contributed by atoms with van der Waals surface area (Å²) in [6.45, 7) is 0. The van der Waals surface area contributed by atoms with Crippen molar-refractivity contribution in [3.8, 4) is 67.5 Å². The van der Waals surface area contributed by atoms with Crippen molar-refractivity contribution in [1.82, 2.24) is 15.0 Å². The molecule has 0 aliphatic heterocycles. The molecule has 12 aromatic rings. The summed E-state index contributed by atoms with van der Waals surface area (Å²) in [7, 11) is 0. The van der Waals surface area contributed by atoms with E-state index in [1.807, 2.05) is 0 Å². The molecule has 0 atom stereocenters. The summed E-state index contributed by atoms with van der Waals surface area (Å²) in [6.07, 6.45) is 0. The zero-order chi connectivity index (χ0) is 41.9. The fourth-order valence-electron chi connectivity index (χ4n) is 10.9. The standard InChI is InChI=1S/C60H35N3S/c1-2-14-38-33-39(29-27-36(38)13-1)40-30-28-37-15-11-21-48(50(37)34-40)58-61-57(62-59(63-58)49-22-12-20-47-46-19-6-10-26-55(46)64-56(47)49)41-31-32-45-44-18-5-9-25-53(44)60(54(45)35-41)51-23-7-3-16-42(51)43-17-4-8-24-52(43)60/h1-35H. The Morgan fingerprint density at radius 2 is 0.812 bits per heavy atom. The molecule has 14 rings (SSSR count). The molecule has 0 amide bonds. The van der Waals surface area contributed by atoms with Gasteiger partial charge in [-0.05, 0) is 108 Å². The molecule has 2 aliphatic carbocycles. The van der Waals surface area contributed by atoms with Crippen molar-refractivity contribution < 1.29 is 0 Å². The number of hydrogen-bond donors (Lipinski definition) is 0. The minimum Gasteiger partial charge on any atom is -0.208 e. The third-order valence-electron chi connectivity index (χ3n) is 13.7. The van der Waals surface area contributed by atoms with Gasteiger partial charge in [-0.1, -0.05) is 182 Å². The second-order valence-electron chi connectivity index (χ2n) is 17.0. The summed E-state index contributed by atoms with van der Waals surface area (Å²) in [6, 6.07) is 77.4. The highest BCUT2D eigenvalue weighted by Crippen LogP contribution is 2.63. The molecule has 0 bridgehead atoms. The lowest BCUT2D eigenvalue weighted by Gasteiger charge is -2.30. The summed E-state index contributed by atoms with van der Waals surface area (Å²) in [4.78, 5) is 16.4. The van der Waals surface area contributed by atoms with E-state index >= 15 is 0 Å². The van der Waals surface area contributed by atoms with E-state index in [0.717, 1.165) is 33.0 Å². The molecule has 2 heterocycles. The molecule has 2 aliphatic rings. The van der Waals surface area contributed by atoms with Gasteiger partial charge < -0.3 is 0 Å². The Balaban J connectivity index is 1.02. The van der Waals surface area contributed by atoms with Gasteiger partial charge in [0.25, 0.3) is 0 Å². The number of fused-ring (bicyclic) bond motifs is 15. The van der Waals surface area contributed by atoms with Gasteiger partial charge in [-0.15, -0.1) is 11.3 Å². The largest absolute Gasteiger partial charge is 0.208 e. The smallest absolute Gasteiger partial charge is 0.165 e. The van der Waals surface area contributed by atoms with Crippen LogP contribution >= 0.6 is 11.3 Å². The molecule has 0 saturated heterocycles. The first-order chi connectivity index (χ1) is 31.7. The first kappa shape index (κ1) is 35.5. The lowest BCUT2D eigenvalue weighted by Crippen LogP contribution is -2.25. The minimum absolute atomic E-state index is 0.481. The zero-order valence-electron chi connectivity index (χ0n) is 34.5. The normalized spacial score (nSPS) is 13.1. The van der Waals surface area contributed by atoms with Crippen molar-refractivity contribution in [3.05, 3.63) is 235 Å². The van der Waals surface area contributed by atoms with Gasteiger partial charge in [0, 0.05) is 36.9 Å². The predicted molar refractivity (Wildman–Crippen MR) is 266 cm³/mol. The predicted octanol–water partition coefficient (Wildman–Crippen LogP) is 15.6. The molecule has 296 valence electrons.